The summed E-state index contributed by atoms with van der Waals surface area (Å²) in [6.07, 6.45) is 1.77. The van der Waals surface area contributed by atoms with E-state index in [9.17, 15) is 0 Å². The third kappa shape index (κ3) is 1.05. The lowest BCUT2D eigenvalue weighted by atomic mass is 10.4. The number of nitrogens with zero attached hydrogens (tertiary/aromatic N) is 2. The van der Waals surface area contributed by atoms with Crippen molar-refractivity contribution in [3.05, 3.63) is 0 Å². The molecule has 3 heteroatoms. The highest BCUT2D eigenvalue weighted by atomic mass is 15.3. The van der Waals surface area contributed by atoms with E-state index in [-0.39, 0.29) is 6.04 Å². The van der Waals surface area contributed by atoms with Crippen LogP contribution in [-0.4, -0.2) is 18.1 Å². The maximum atomic E-state index is 4.14. The number of amidine groups is 1. The van der Waals surface area contributed by atoms with E-state index in [1.54, 1.807) is 6.21 Å². The van der Waals surface area contributed by atoms with Crippen molar-refractivity contribution in [1.82, 2.24) is 5.43 Å². The smallest absolute Gasteiger partial charge is 0.114 e. The van der Waals surface area contributed by atoms with Gasteiger partial charge in [0, 0.05) is 6.21 Å². The molecule has 0 spiro atoms. The molecule has 1 aliphatic rings. The van der Waals surface area contributed by atoms with Gasteiger partial charge in [0.1, 0.15) is 5.84 Å². The van der Waals surface area contributed by atoms with Crippen molar-refractivity contribution in [2.75, 3.05) is 0 Å². The van der Waals surface area contributed by atoms with E-state index in [0.29, 0.717) is 0 Å². The van der Waals surface area contributed by atoms with Gasteiger partial charge in [0.15, 0.2) is 0 Å². The molecule has 0 saturated heterocycles. The molecule has 0 radical (unpaired) electrons. The summed E-state index contributed by atoms with van der Waals surface area (Å²) in [5.41, 5.74) is 2.73. The lowest BCUT2D eigenvalue weighted by Crippen LogP contribution is -2.22. The predicted octanol–water partition coefficient (Wildman–Crippen LogP) is 0.382. The summed E-state index contributed by atoms with van der Waals surface area (Å²) in [5.74, 6) is 0.889. The lowest BCUT2D eigenvalue weighted by molar-refractivity contribution is 0.884. The van der Waals surface area contributed by atoms with Gasteiger partial charge in [0.2, 0.25) is 0 Å². The van der Waals surface area contributed by atoms with Gasteiger partial charge >= 0.3 is 0 Å². The first-order chi connectivity index (χ1) is 3.79. The fourth-order valence-electron chi connectivity index (χ4n) is 0.606. The molecule has 0 aliphatic carbocycles. The van der Waals surface area contributed by atoms with E-state index in [1.807, 2.05) is 13.8 Å². The molecule has 0 aromatic rings. The first-order valence-electron chi connectivity index (χ1n) is 2.62. The number of nitrogens with one attached hydrogen (secondary N) is 1. The van der Waals surface area contributed by atoms with Crippen LogP contribution in [0.3, 0.4) is 0 Å². The second-order valence-corrected chi connectivity index (χ2v) is 1.85. The van der Waals surface area contributed by atoms with E-state index >= 15 is 0 Å². The molecule has 3 nitrogen and oxygen atoms in total. The van der Waals surface area contributed by atoms with E-state index in [2.05, 4.69) is 15.5 Å². The molecule has 44 valence electrons. The minimum atomic E-state index is 0.247. The fraction of sp³-hybridized carbons (Fsp3) is 0.600. The minimum Gasteiger partial charge on any atom is -0.266 e. The summed E-state index contributed by atoms with van der Waals surface area (Å²) in [7, 11) is 0. The zero-order chi connectivity index (χ0) is 5.98. The normalized spacial score (nSPS) is 26.8. The zero-order valence-electron chi connectivity index (χ0n) is 5.05. The van der Waals surface area contributed by atoms with Crippen molar-refractivity contribution < 1.29 is 0 Å². The molecule has 1 unspecified atom stereocenters. The Morgan fingerprint density at radius 1 is 1.75 bits per heavy atom. The van der Waals surface area contributed by atoms with Gasteiger partial charge in [-0.2, -0.15) is 5.10 Å². The predicted molar refractivity (Wildman–Crippen MR) is 34.2 cm³/mol. The van der Waals surface area contributed by atoms with Gasteiger partial charge in [-0.05, 0) is 13.8 Å². The van der Waals surface area contributed by atoms with E-state index < -0.39 is 0 Å². The Hall–Kier alpha value is -0.860. The molecule has 8 heavy (non-hydrogen) atoms. The molecule has 0 amide bonds. The summed E-state index contributed by atoms with van der Waals surface area (Å²) >= 11 is 0. The number of rotatable bonds is 0. The Morgan fingerprint density at radius 2 is 2.50 bits per heavy atom. The second kappa shape index (κ2) is 1.94. The molecular weight excluding hydrogens is 102 g/mol. The van der Waals surface area contributed by atoms with Crippen LogP contribution in [0.1, 0.15) is 13.8 Å². The van der Waals surface area contributed by atoms with Crippen LogP contribution >= 0.6 is 0 Å². The third-order valence-corrected chi connectivity index (χ3v) is 0.914. The Bertz CT molecular complexity index is 137. The molecule has 0 bridgehead atoms. The highest BCUT2D eigenvalue weighted by Gasteiger charge is 1.98. The second-order valence-electron chi connectivity index (χ2n) is 1.85. The first-order valence-corrected chi connectivity index (χ1v) is 2.62. The van der Waals surface area contributed by atoms with Gasteiger partial charge in [-0.1, -0.05) is 0 Å². The van der Waals surface area contributed by atoms with Crippen LogP contribution in [0.5, 0.6) is 0 Å². The first kappa shape index (κ1) is 5.28. The fourth-order valence-corrected chi connectivity index (χ4v) is 0.606. The molecule has 0 aromatic heterocycles. The largest absolute Gasteiger partial charge is 0.266 e. The van der Waals surface area contributed by atoms with Crippen LogP contribution in [0, 0.1) is 0 Å². The zero-order valence-corrected chi connectivity index (χ0v) is 5.05. The Balaban J connectivity index is 2.60. The number of hydrogen-bond donors (Lipinski definition) is 1. The summed E-state index contributed by atoms with van der Waals surface area (Å²) in [4.78, 5) is 4.14. The molecular formula is C5H9N3. The molecule has 1 rings (SSSR count). The Labute approximate surface area is 48.5 Å². The van der Waals surface area contributed by atoms with Gasteiger partial charge < -0.3 is 0 Å². The van der Waals surface area contributed by atoms with Crippen molar-refractivity contribution in [1.29, 1.82) is 0 Å². The Kier molecular flexibility index (Phi) is 1.28. The maximum absolute atomic E-state index is 4.14. The average Bonchev–Trinajstić information content (AvgIpc) is 1.64. The molecule has 0 aromatic carbocycles. The lowest BCUT2D eigenvalue weighted by Gasteiger charge is -2.07. The summed E-state index contributed by atoms with van der Waals surface area (Å²) in [6.45, 7) is 3.89. The van der Waals surface area contributed by atoms with Crippen molar-refractivity contribution in [3.8, 4) is 0 Å². The molecule has 1 atom stereocenters. The summed E-state index contributed by atoms with van der Waals surface area (Å²) < 4.78 is 0. The van der Waals surface area contributed by atoms with Gasteiger partial charge in [-0.3, -0.25) is 10.4 Å². The molecule has 1 N–H and O–H groups in total. The van der Waals surface area contributed by atoms with E-state index in [0.717, 1.165) is 5.84 Å². The van der Waals surface area contributed by atoms with Gasteiger partial charge in [-0.15, -0.1) is 0 Å². The topological polar surface area (TPSA) is 36.8 Å². The molecule has 0 saturated carbocycles. The average molecular weight is 111 g/mol. The van der Waals surface area contributed by atoms with Crippen LogP contribution in [0.25, 0.3) is 0 Å². The van der Waals surface area contributed by atoms with E-state index in [1.165, 1.54) is 0 Å². The van der Waals surface area contributed by atoms with Gasteiger partial charge in [-0.25, -0.2) is 0 Å². The van der Waals surface area contributed by atoms with Crippen LogP contribution in [0.4, 0.5) is 0 Å². The van der Waals surface area contributed by atoms with Crippen LogP contribution in [0.15, 0.2) is 10.1 Å². The third-order valence-electron chi connectivity index (χ3n) is 0.914. The number of hydrogen-bond acceptors (Lipinski definition) is 3. The number of aliphatic imine (C=N–C) groups is 1. The Morgan fingerprint density at radius 3 is 2.88 bits per heavy atom. The van der Waals surface area contributed by atoms with Crippen LogP contribution in [-0.2, 0) is 0 Å². The highest BCUT2D eigenvalue weighted by Crippen LogP contribution is 1.89. The van der Waals surface area contributed by atoms with Crippen molar-refractivity contribution >= 4 is 12.1 Å². The van der Waals surface area contributed by atoms with E-state index in [4.69, 9.17) is 0 Å². The quantitative estimate of drug-likeness (QED) is 0.482. The van der Waals surface area contributed by atoms with Crippen molar-refractivity contribution in [2.24, 2.45) is 10.1 Å². The van der Waals surface area contributed by atoms with Crippen molar-refractivity contribution in [2.45, 2.75) is 19.9 Å². The van der Waals surface area contributed by atoms with Crippen LogP contribution in [0.2, 0.25) is 0 Å². The minimum absolute atomic E-state index is 0.247. The molecule has 1 heterocycles. The summed E-state index contributed by atoms with van der Waals surface area (Å²) in [5, 5.41) is 3.83. The monoisotopic (exact) mass is 111 g/mol. The van der Waals surface area contributed by atoms with Crippen LogP contribution < -0.4 is 5.43 Å². The molecule has 0 fully saturated rings. The highest BCUT2D eigenvalue weighted by molar-refractivity contribution is 5.84. The van der Waals surface area contributed by atoms with Gasteiger partial charge in [0.25, 0.3) is 0 Å². The number of hydrazone groups is 1. The van der Waals surface area contributed by atoms with Gasteiger partial charge in [0.05, 0.1) is 6.04 Å². The van der Waals surface area contributed by atoms with Crippen molar-refractivity contribution in [3.63, 3.8) is 0 Å². The summed E-state index contributed by atoms with van der Waals surface area (Å²) in [6, 6.07) is 0.247. The molecule has 1 aliphatic heterocycles. The standard InChI is InChI=1S/C5H9N3/c1-4-3-6-8-5(2)7-4/h3-4H,1-2H3,(H,7,8). The SMILES string of the molecule is CC1=NC(C)C=NN1. The maximum Gasteiger partial charge on any atom is 0.114 e.